The van der Waals surface area contributed by atoms with Gasteiger partial charge in [-0.05, 0) is 23.3 Å². The van der Waals surface area contributed by atoms with Crippen molar-refractivity contribution >= 4 is 23.6 Å². The van der Waals surface area contributed by atoms with Gasteiger partial charge < -0.3 is 5.11 Å². The average molecular weight is 195 g/mol. The number of carboxylic acid groups (broad SMARTS) is 1. The van der Waals surface area contributed by atoms with Crippen LogP contribution >= 0.6 is 11.6 Å². The van der Waals surface area contributed by atoms with Crippen molar-refractivity contribution in [3.05, 3.63) is 40.4 Å². The fraction of sp³-hybridized carbons (Fsp3) is 0.100. The molecule has 2 rings (SSSR count). The van der Waals surface area contributed by atoms with E-state index < -0.39 is 11.9 Å². The van der Waals surface area contributed by atoms with Gasteiger partial charge in [-0.15, -0.1) is 0 Å². The lowest BCUT2D eigenvalue weighted by molar-refractivity contribution is -0.137. The van der Waals surface area contributed by atoms with Crippen LogP contribution in [0.25, 0.3) is 6.08 Å². The highest BCUT2D eigenvalue weighted by molar-refractivity contribution is 6.30. The number of fused-ring (bicyclic) bond motifs is 1. The Morgan fingerprint density at radius 2 is 2.23 bits per heavy atom. The third-order valence-electron chi connectivity index (χ3n) is 2.12. The number of benzene rings is 1. The van der Waals surface area contributed by atoms with E-state index in [0.29, 0.717) is 5.02 Å². The maximum atomic E-state index is 10.8. The third kappa shape index (κ3) is 1.33. The first-order valence-electron chi connectivity index (χ1n) is 3.89. The van der Waals surface area contributed by atoms with E-state index in [4.69, 9.17) is 16.7 Å². The summed E-state index contributed by atoms with van der Waals surface area (Å²) < 4.78 is 0. The highest BCUT2D eigenvalue weighted by Gasteiger charge is 2.23. The Hall–Kier alpha value is -1.28. The maximum Gasteiger partial charge on any atom is 0.314 e. The van der Waals surface area contributed by atoms with Crippen LogP contribution in [0.5, 0.6) is 0 Å². The quantitative estimate of drug-likeness (QED) is 0.746. The Kier molecular flexibility index (Phi) is 1.85. The van der Waals surface area contributed by atoms with Crippen molar-refractivity contribution in [2.75, 3.05) is 0 Å². The zero-order chi connectivity index (χ0) is 9.42. The summed E-state index contributed by atoms with van der Waals surface area (Å²) in [5.41, 5.74) is 1.72. The van der Waals surface area contributed by atoms with E-state index in [2.05, 4.69) is 0 Å². The first-order chi connectivity index (χ1) is 6.18. The molecule has 13 heavy (non-hydrogen) atoms. The summed E-state index contributed by atoms with van der Waals surface area (Å²) in [7, 11) is 0. The molecule has 0 spiro atoms. The molecule has 1 aromatic rings. The van der Waals surface area contributed by atoms with E-state index in [1.165, 1.54) is 0 Å². The monoisotopic (exact) mass is 194 g/mol. The number of hydrogen-bond donors (Lipinski definition) is 1. The Bertz CT molecular complexity index is 396. The predicted molar refractivity (Wildman–Crippen MR) is 50.9 cm³/mol. The fourth-order valence-corrected chi connectivity index (χ4v) is 1.67. The lowest BCUT2D eigenvalue weighted by Gasteiger charge is -2.04. The minimum atomic E-state index is -0.822. The van der Waals surface area contributed by atoms with Crippen LogP contribution in [-0.2, 0) is 4.79 Å². The summed E-state index contributed by atoms with van der Waals surface area (Å²) >= 11 is 5.77. The van der Waals surface area contributed by atoms with Crippen LogP contribution in [0.3, 0.4) is 0 Å². The van der Waals surface area contributed by atoms with E-state index >= 15 is 0 Å². The molecule has 0 radical (unpaired) electrons. The number of hydrogen-bond acceptors (Lipinski definition) is 1. The molecule has 1 unspecified atom stereocenters. The molecule has 0 amide bonds. The SMILES string of the molecule is O=C(O)C1C=Cc2cc(Cl)ccc21. The van der Waals surface area contributed by atoms with Gasteiger partial charge in [-0.3, -0.25) is 4.79 Å². The van der Waals surface area contributed by atoms with Crippen molar-refractivity contribution in [1.29, 1.82) is 0 Å². The minimum absolute atomic E-state index is 0.507. The van der Waals surface area contributed by atoms with Crippen LogP contribution in [0.2, 0.25) is 5.02 Å². The van der Waals surface area contributed by atoms with Crippen molar-refractivity contribution in [2.45, 2.75) is 5.92 Å². The smallest absolute Gasteiger partial charge is 0.314 e. The number of rotatable bonds is 1. The molecular formula is C10H7ClO2. The second-order valence-corrected chi connectivity index (χ2v) is 3.38. The molecule has 1 aliphatic carbocycles. The van der Waals surface area contributed by atoms with Gasteiger partial charge in [0.05, 0.1) is 0 Å². The molecule has 3 heteroatoms. The van der Waals surface area contributed by atoms with Crippen molar-refractivity contribution in [3.63, 3.8) is 0 Å². The summed E-state index contributed by atoms with van der Waals surface area (Å²) in [6, 6.07) is 5.25. The Labute approximate surface area is 80.5 Å². The van der Waals surface area contributed by atoms with Crippen LogP contribution in [0.15, 0.2) is 24.3 Å². The van der Waals surface area contributed by atoms with Crippen molar-refractivity contribution in [1.82, 2.24) is 0 Å². The van der Waals surface area contributed by atoms with Gasteiger partial charge in [0.2, 0.25) is 0 Å². The standard InChI is InChI=1S/C10H7ClO2/c11-7-2-4-8-6(5-7)1-3-9(8)10(12)13/h1-5,9H,(H,12,13). The third-order valence-corrected chi connectivity index (χ3v) is 2.35. The molecule has 0 bridgehead atoms. The highest BCUT2D eigenvalue weighted by atomic mass is 35.5. The Morgan fingerprint density at radius 3 is 2.92 bits per heavy atom. The Balaban J connectivity index is 2.49. The topological polar surface area (TPSA) is 37.3 Å². The summed E-state index contributed by atoms with van der Waals surface area (Å²) in [6.45, 7) is 0. The molecule has 0 heterocycles. The van der Waals surface area contributed by atoms with E-state index in [-0.39, 0.29) is 0 Å². The van der Waals surface area contributed by atoms with E-state index in [1.54, 1.807) is 30.4 Å². The first kappa shape index (κ1) is 8.32. The molecule has 1 aromatic carbocycles. The molecule has 66 valence electrons. The van der Waals surface area contributed by atoms with Crippen LogP contribution in [0.1, 0.15) is 17.0 Å². The molecule has 0 aromatic heterocycles. The lowest BCUT2D eigenvalue weighted by atomic mass is 10.0. The minimum Gasteiger partial charge on any atom is -0.481 e. The van der Waals surface area contributed by atoms with Gasteiger partial charge in [-0.2, -0.15) is 0 Å². The van der Waals surface area contributed by atoms with Gasteiger partial charge in [-0.25, -0.2) is 0 Å². The van der Waals surface area contributed by atoms with E-state index in [0.717, 1.165) is 11.1 Å². The van der Waals surface area contributed by atoms with Crippen molar-refractivity contribution in [3.8, 4) is 0 Å². The van der Waals surface area contributed by atoms with Gasteiger partial charge in [0, 0.05) is 5.02 Å². The molecule has 1 aliphatic rings. The van der Waals surface area contributed by atoms with Gasteiger partial charge in [0.15, 0.2) is 0 Å². The van der Waals surface area contributed by atoms with Crippen LogP contribution < -0.4 is 0 Å². The summed E-state index contributed by atoms with van der Waals surface area (Å²) in [4.78, 5) is 10.8. The normalized spacial score (nSPS) is 18.7. The molecule has 1 N–H and O–H groups in total. The number of halogens is 1. The molecule has 0 saturated carbocycles. The fourth-order valence-electron chi connectivity index (χ4n) is 1.49. The zero-order valence-electron chi connectivity index (χ0n) is 6.70. The maximum absolute atomic E-state index is 10.8. The van der Waals surface area contributed by atoms with Gasteiger partial charge in [-0.1, -0.05) is 29.8 Å². The average Bonchev–Trinajstić information content (AvgIpc) is 2.46. The van der Waals surface area contributed by atoms with E-state index in [9.17, 15) is 4.79 Å². The van der Waals surface area contributed by atoms with Crippen molar-refractivity contribution in [2.24, 2.45) is 0 Å². The molecule has 0 aliphatic heterocycles. The highest BCUT2D eigenvalue weighted by Crippen LogP contribution is 2.31. The Morgan fingerprint density at radius 1 is 1.46 bits per heavy atom. The molecule has 1 atom stereocenters. The van der Waals surface area contributed by atoms with Crippen molar-refractivity contribution < 1.29 is 9.90 Å². The lowest BCUT2D eigenvalue weighted by Crippen LogP contribution is -2.06. The number of carboxylic acids is 1. The number of carbonyl (C=O) groups is 1. The molecule has 0 saturated heterocycles. The second-order valence-electron chi connectivity index (χ2n) is 2.95. The summed E-state index contributed by atoms with van der Waals surface area (Å²) in [5.74, 6) is -1.33. The first-order valence-corrected chi connectivity index (χ1v) is 4.27. The molecular weight excluding hydrogens is 188 g/mol. The summed E-state index contributed by atoms with van der Waals surface area (Å²) in [5, 5.41) is 9.48. The predicted octanol–water partition coefficient (Wildman–Crippen LogP) is 2.54. The number of aliphatic carboxylic acids is 1. The van der Waals surface area contributed by atoms with Gasteiger partial charge >= 0.3 is 5.97 Å². The molecule has 2 nitrogen and oxygen atoms in total. The van der Waals surface area contributed by atoms with Gasteiger partial charge in [0.1, 0.15) is 5.92 Å². The van der Waals surface area contributed by atoms with Gasteiger partial charge in [0.25, 0.3) is 0 Å². The summed E-state index contributed by atoms with van der Waals surface area (Å²) in [6.07, 6.45) is 3.46. The van der Waals surface area contributed by atoms with Crippen LogP contribution in [0.4, 0.5) is 0 Å². The zero-order valence-corrected chi connectivity index (χ0v) is 7.45. The largest absolute Gasteiger partial charge is 0.481 e. The molecule has 0 fully saturated rings. The van der Waals surface area contributed by atoms with E-state index in [1.807, 2.05) is 0 Å². The second kappa shape index (κ2) is 2.89. The van der Waals surface area contributed by atoms with Crippen LogP contribution in [0, 0.1) is 0 Å². The van der Waals surface area contributed by atoms with Crippen LogP contribution in [-0.4, -0.2) is 11.1 Å².